The van der Waals surface area contributed by atoms with E-state index < -0.39 is 0 Å². The van der Waals surface area contributed by atoms with Crippen LogP contribution in [-0.2, 0) is 0 Å². The molecule has 1 fully saturated rings. The molecule has 7 heteroatoms. The summed E-state index contributed by atoms with van der Waals surface area (Å²) in [6, 6.07) is 8.06. The Morgan fingerprint density at radius 1 is 1.24 bits per heavy atom. The zero-order valence-electron chi connectivity index (χ0n) is 11.3. The molecule has 2 aliphatic rings. The molecule has 4 rings (SSSR count). The van der Waals surface area contributed by atoms with Gasteiger partial charge in [-0.15, -0.1) is 10.2 Å². The third kappa shape index (κ3) is 2.47. The molecule has 1 unspecified atom stereocenters. The van der Waals surface area contributed by atoms with Crippen LogP contribution in [-0.4, -0.2) is 32.9 Å². The zero-order chi connectivity index (χ0) is 14.2. The van der Waals surface area contributed by atoms with Gasteiger partial charge in [0.15, 0.2) is 5.82 Å². The molecular weight excluding hydrogens is 306 g/mol. The second kappa shape index (κ2) is 5.44. The number of nitrogens with zero attached hydrogens (tertiary/aromatic N) is 4. The smallest absolute Gasteiger partial charge is 0.212 e. The van der Waals surface area contributed by atoms with Crippen LogP contribution in [0.1, 0.15) is 30.3 Å². The molecule has 2 aromatic rings. The molecular formula is C14H14ClN5S. The van der Waals surface area contributed by atoms with Gasteiger partial charge in [0, 0.05) is 10.8 Å². The average molecular weight is 320 g/mol. The number of rotatable bonds is 2. The van der Waals surface area contributed by atoms with Crippen LogP contribution >= 0.6 is 23.4 Å². The highest BCUT2D eigenvalue weighted by Crippen LogP contribution is 2.29. The van der Waals surface area contributed by atoms with Crippen molar-refractivity contribution in [3.63, 3.8) is 0 Å². The van der Waals surface area contributed by atoms with Crippen LogP contribution < -0.4 is 5.32 Å². The maximum atomic E-state index is 5.95. The van der Waals surface area contributed by atoms with Gasteiger partial charge in [0.2, 0.25) is 5.16 Å². The Kier molecular flexibility index (Phi) is 3.45. The number of benzene rings is 1. The summed E-state index contributed by atoms with van der Waals surface area (Å²) in [5, 5.41) is 18.4. The Labute approximate surface area is 131 Å². The van der Waals surface area contributed by atoms with E-state index in [1.165, 1.54) is 6.42 Å². The lowest BCUT2D eigenvalue weighted by atomic mass is 10.1. The fourth-order valence-electron chi connectivity index (χ4n) is 2.65. The van der Waals surface area contributed by atoms with Crippen molar-refractivity contribution in [1.29, 1.82) is 0 Å². The van der Waals surface area contributed by atoms with Crippen LogP contribution in [0.3, 0.4) is 0 Å². The first kappa shape index (κ1) is 13.3. The second-order valence-corrected chi connectivity index (χ2v) is 6.52. The molecule has 1 aromatic carbocycles. The fourth-order valence-corrected chi connectivity index (χ4v) is 3.62. The number of halogens is 1. The van der Waals surface area contributed by atoms with E-state index in [-0.39, 0.29) is 6.04 Å². The van der Waals surface area contributed by atoms with Crippen LogP contribution in [0.15, 0.2) is 34.5 Å². The third-order valence-electron chi connectivity index (χ3n) is 3.74. The zero-order valence-corrected chi connectivity index (χ0v) is 12.9. The van der Waals surface area contributed by atoms with E-state index in [9.17, 15) is 0 Å². The van der Waals surface area contributed by atoms with Crippen molar-refractivity contribution >= 4 is 29.1 Å². The minimum atomic E-state index is 0.264. The van der Waals surface area contributed by atoms with E-state index in [0.717, 1.165) is 46.0 Å². The predicted molar refractivity (Wildman–Crippen MR) is 84.1 cm³/mol. The molecule has 0 aliphatic carbocycles. The molecule has 0 saturated carbocycles. The highest BCUT2D eigenvalue weighted by atomic mass is 35.5. The molecule has 0 spiro atoms. The van der Waals surface area contributed by atoms with Crippen molar-refractivity contribution in [2.24, 2.45) is 5.10 Å². The Morgan fingerprint density at radius 2 is 2.10 bits per heavy atom. The Hall–Kier alpha value is -1.37. The number of hydrogen-bond donors (Lipinski definition) is 1. The Morgan fingerprint density at radius 3 is 2.86 bits per heavy atom. The molecule has 3 heterocycles. The van der Waals surface area contributed by atoms with Crippen LogP contribution in [0.2, 0.25) is 5.02 Å². The van der Waals surface area contributed by atoms with Crippen molar-refractivity contribution in [3.05, 3.63) is 40.7 Å². The molecule has 1 N–H and O–H groups in total. The van der Waals surface area contributed by atoms with E-state index in [4.69, 9.17) is 16.7 Å². The lowest BCUT2D eigenvalue weighted by Crippen LogP contribution is -2.20. The maximum Gasteiger partial charge on any atom is 0.212 e. The monoisotopic (exact) mass is 319 g/mol. The topological polar surface area (TPSA) is 55.1 Å². The van der Waals surface area contributed by atoms with Gasteiger partial charge in [-0.25, -0.2) is 0 Å². The number of hydrogen-bond acceptors (Lipinski definition) is 5. The standard InChI is InChI=1S/C14H14ClN5S/c15-10-5-3-9(4-6-10)12-8-21-14-18-17-13(20(14)19-12)11-2-1-7-16-11/h3-6,11,16H,1-2,7-8H2. The molecule has 0 radical (unpaired) electrons. The molecule has 1 atom stereocenters. The fraction of sp³-hybridized carbons (Fsp3) is 0.357. The summed E-state index contributed by atoms with van der Waals surface area (Å²) < 4.78 is 1.89. The van der Waals surface area contributed by atoms with Gasteiger partial charge in [-0.1, -0.05) is 35.5 Å². The Balaban J connectivity index is 1.72. The highest BCUT2D eigenvalue weighted by molar-refractivity contribution is 7.99. The van der Waals surface area contributed by atoms with Gasteiger partial charge in [0.05, 0.1) is 11.8 Å². The van der Waals surface area contributed by atoms with Crippen molar-refractivity contribution in [1.82, 2.24) is 20.2 Å². The summed E-state index contributed by atoms with van der Waals surface area (Å²) in [5.41, 5.74) is 2.12. The first-order chi connectivity index (χ1) is 10.3. The quantitative estimate of drug-likeness (QED) is 0.924. The maximum absolute atomic E-state index is 5.95. The molecule has 2 aliphatic heterocycles. The predicted octanol–water partition coefficient (Wildman–Crippen LogP) is 2.71. The van der Waals surface area contributed by atoms with E-state index in [0.29, 0.717) is 0 Å². The molecule has 21 heavy (non-hydrogen) atoms. The second-order valence-electron chi connectivity index (χ2n) is 5.14. The van der Waals surface area contributed by atoms with Gasteiger partial charge in [-0.2, -0.15) is 9.78 Å². The number of fused-ring (bicyclic) bond motifs is 1. The molecule has 1 saturated heterocycles. The SMILES string of the molecule is Clc1ccc(C2=Nn3c(nnc3C3CCCN3)SC2)cc1. The van der Waals surface area contributed by atoms with E-state index in [1.807, 2.05) is 28.9 Å². The van der Waals surface area contributed by atoms with Crippen LogP contribution in [0.5, 0.6) is 0 Å². The van der Waals surface area contributed by atoms with Gasteiger partial charge in [-0.05, 0) is 37.1 Å². The first-order valence-electron chi connectivity index (χ1n) is 6.96. The largest absolute Gasteiger partial charge is 0.307 e. The van der Waals surface area contributed by atoms with E-state index >= 15 is 0 Å². The molecule has 0 bridgehead atoms. The van der Waals surface area contributed by atoms with Gasteiger partial charge in [0.25, 0.3) is 0 Å². The lowest BCUT2D eigenvalue weighted by Gasteiger charge is -2.16. The van der Waals surface area contributed by atoms with Crippen LogP contribution in [0, 0.1) is 0 Å². The first-order valence-corrected chi connectivity index (χ1v) is 8.33. The lowest BCUT2D eigenvalue weighted by molar-refractivity contribution is 0.562. The third-order valence-corrected chi connectivity index (χ3v) is 4.93. The van der Waals surface area contributed by atoms with Crippen molar-refractivity contribution in [2.75, 3.05) is 12.3 Å². The molecule has 1 aromatic heterocycles. The minimum absolute atomic E-state index is 0.264. The van der Waals surface area contributed by atoms with Crippen molar-refractivity contribution in [3.8, 4) is 0 Å². The van der Waals surface area contributed by atoms with Gasteiger partial charge >= 0.3 is 0 Å². The normalized spacial score (nSPS) is 21.2. The Bertz CT molecular complexity index is 688. The number of thioether (sulfide) groups is 1. The average Bonchev–Trinajstić information content (AvgIpc) is 3.16. The summed E-state index contributed by atoms with van der Waals surface area (Å²) in [4.78, 5) is 0. The van der Waals surface area contributed by atoms with Gasteiger partial charge in [0.1, 0.15) is 0 Å². The van der Waals surface area contributed by atoms with Crippen LogP contribution in [0.25, 0.3) is 0 Å². The molecule has 0 amide bonds. The van der Waals surface area contributed by atoms with Crippen molar-refractivity contribution in [2.45, 2.75) is 24.0 Å². The summed E-state index contributed by atoms with van der Waals surface area (Å²) in [6.45, 7) is 1.04. The van der Waals surface area contributed by atoms with Crippen LogP contribution in [0.4, 0.5) is 0 Å². The van der Waals surface area contributed by atoms with E-state index in [2.05, 4.69) is 15.5 Å². The highest BCUT2D eigenvalue weighted by Gasteiger charge is 2.26. The van der Waals surface area contributed by atoms with Gasteiger partial charge in [-0.3, -0.25) is 0 Å². The molecule has 108 valence electrons. The minimum Gasteiger partial charge on any atom is -0.307 e. The van der Waals surface area contributed by atoms with Gasteiger partial charge < -0.3 is 5.32 Å². The number of nitrogens with one attached hydrogen (secondary N) is 1. The summed E-state index contributed by atoms with van der Waals surface area (Å²) in [6.07, 6.45) is 2.27. The van der Waals surface area contributed by atoms with E-state index in [1.54, 1.807) is 11.8 Å². The summed E-state index contributed by atoms with van der Waals surface area (Å²) in [5.74, 6) is 1.72. The molecule has 5 nitrogen and oxygen atoms in total. The summed E-state index contributed by atoms with van der Waals surface area (Å²) in [7, 11) is 0. The number of aromatic nitrogens is 3. The summed E-state index contributed by atoms with van der Waals surface area (Å²) >= 11 is 7.62. The van der Waals surface area contributed by atoms with Crippen molar-refractivity contribution < 1.29 is 0 Å².